The summed E-state index contributed by atoms with van der Waals surface area (Å²) in [7, 11) is 0. The molecule has 0 aliphatic carbocycles. The van der Waals surface area contributed by atoms with Gasteiger partial charge in [0.05, 0.1) is 4.92 Å². The maximum Gasteiger partial charge on any atom is 0.270 e. The molecule has 5 nitrogen and oxygen atoms in total. The zero-order valence-electron chi connectivity index (χ0n) is 11.1. The van der Waals surface area contributed by atoms with Crippen molar-refractivity contribution in [3.8, 4) is 0 Å². The molecule has 2 rings (SSSR count). The number of carbonyl (C=O) groups is 1. The third-order valence-corrected chi connectivity index (χ3v) is 2.93. The van der Waals surface area contributed by atoms with E-state index < -0.39 is 4.92 Å². The largest absolute Gasteiger partial charge is 0.352 e. The molecule has 0 spiro atoms. The highest BCUT2D eigenvalue weighted by Crippen LogP contribution is 2.12. The van der Waals surface area contributed by atoms with Gasteiger partial charge in [-0.1, -0.05) is 18.2 Å². The van der Waals surface area contributed by atoms with Crippen molar-refractivity contribution in [3.05, 3.63) is 75.6 Å². The van der Waals surface area contributed by atoms with Gasteiger partial charge in [0, 0.05) is 24.2 Å². The summed E-state index contributed by atoms with van der Waals surface area (Å²) < 4.78 is 12.7. The van der Waals surface area contributed by atoms with Crippen LogP contribution in [0.3, 0.4) is 0 Å². The predicted octanol–water partition coefficient (Wildman–Crippen LogP) is 2.71. The van der Waals surface area contributed by atoms with Crippen molar-refractivity contribution < 1.29 is 14.1 Å². The van der Waals surface area contributed by atoms with E-state index in [2.05, 4.69) is 5.32 Å². The smallest absolute Gasteiger partial charge is 0.270 e. The van der Waals surface area contributed by atoms with Gasteiger partial charge in [-0.15, -0.1) is 0 Å². The lowest BCUT2D eigenvalue weighted by molar-refractivity contribution is -0.384. The van der Waals surface area contributed by atoms with Gasteiger partial charge in [-0.2, -0.15) is 0 Å². The number of amides is 1. The van der Waals surface area contributed by atoms with Crippen LogP contribution in [0.1, 0.15) is 15.9 Å². The minimum Gasteiger partial charge on any atom is -0.352 e. The molecule has 6 heteroatoms. The van der Waals surface area contributed by atoms with E-state index in [1.54, 1.807) is 12.1 Å². The van der Waals surface area contributed by atoms with Crippen LogP contribution in [0.2, 0.25) is 0 Å². The van der Waals surface area contributed by atoms with Crippen LogP contribution in [0.25, 0.3) is 0 Å². The zero-order valence-corrected chi connectivity index (χ0v) is 11.1. The Morgan fingerprint density at radius 1 is 1.19 bits per heavy atom. The van der Waals surface area contributed by atoms with Crippen molar-refractivity contribution in [2.45, 2.75) is 6.42 Å². The molecule has 0 aliphatic rings. The van der Waals surface area contributed by atoms with E-state index in [1.807, 2.05) is 0 Å². The maximum absolute atomic E-state index is 12.7. The van der Waals surface area contributed by atoms with Gasteiger partial charge >= 0.3 is 0 Å². The van der Waals surface area contributed by atoms with Gasteiger partial charge < -0.3 is 5.32 Å². The van der Waals surface area contributed by atoms with E-state index in [-0.39, 0.29) is 23.0 Å². The fraction of sp³-hybridized carbons (Fsp3) is 0.133. The molecule has 0 fully saturated rings. The summed E-state index contributed by atoms with van der Waals surface area (Å²) in [6.45, 7) is 0.368. The molecule has 0 radical (unpaired) electrons. The first-order chi connectivity index (χ1) is 10.1. The Kier molecular flexibility index (Phi) is 4.61. The Balaban J connectivity index is 1.91. The van der Waals surface area contributed by atoms with E-state index >= 15 is 0 Å². The number of non-ortho nitro benzene ring substituents is 1. The quantitative estimate of drug-likeness (QED) is 0.679. The number of hydrogen-bond acceptors (Lipinski definition) is 3. The molecule has 108 valence electrons. The number of hydrogen-bond donors (Lipinski definition) is 1. The average molecular weight is 288 g/mol. The first-order valence-electron chi connectivity index (χ1n) is 6.33. The van der Waals surface area contributed by atoms with Gasteiger partial charge in [0.1, 0.15) is 5.82 Å². The monoisotopic (exact) mass is 288 g/mol. The van der Waals surface area contributed by atoms with Crippen LogP contribution in [-0.2, 0) is 6.42 Å². The molecular formula is C15H13FN2O3. The Bertz CT molecular complexity index is 656. The maximum atomic E-state index is 12.7. The van der Waals surface area contributed by atoms with Crippen LogP contribution in [0.15, 0.2) is 48.5 Å². The third kappa shape index (κ3) is 4.10. The standard InChI is InChI=1S/C15H13FN2O3/c16-13-6-4-11(5-7-13)8-9-17-15(19)12-2-1-3-14(10-12)18(20)21/h1-7,10H,8-9H2,(H,17,19). The molecule has 2 aromatic rings. The van der Waals surface area contributed by atoms with E-state index in [0.717, 1.165) is 5.56 Å². The molecule has 0 saturated heterocycles. The molecule has 0 unspecified atom stereocenters. The van der Waals surface area contributed by atoms with Crippen molar-refractivity contribution in [2.75, 3.05) is 6.54 Å². The van der Waals surface area contributed by atoms with Gasteiger partial charge in [0.2, 0.25) is 0 Å². The number of rotatable bonds is 5. The molecule has 1 N–H and O–H groups in total. The first-order valence-corrected chi connectivity index (χ1v) is 6.33. The second kappa shape index (κ2) is 6.60. The van der Waals surface area contributed by atoms with Gasteiger partial charge in [-0.3, -0.25) is 14.9 Å². The Morgan fingerprint density at radius 3 is 2.57 bits per heavy atom. The number of halogens is 1. The third-order valence-electron chi connectivity index (χ3n) is 2.93. The summed E-state index contributed by atoms with van der Waals surface area (Å²) in [4.78, 5) is 22.0. The van der Waals surface area contributed by atoms with Gasteiger partial charge in [-0.25, -0.2) is 4.39 Å². The topological polar surface area (TPSA) is 72.2 Å². The summed E-state index contributed by atoms with van der Waals surface area (Å²) in [6, 6.07) is 11.6. The summed E-state index contributed by atoms with van der Waals surface area (Å²) in [5, 5.41) is 13.3. The van der Waals surface area contributed by atoms with Crippen molar-refractivity contribution in [2.24, 2.45) is 0 Å². The van der Waals surface area contributed by atoms with Crippen molar-refractivity contribution in [1.29, 1.82) is 0 Å². The van der Waals surface area contributed by atoms with Crippen molar-refractivity contribution in [1.82, 2.24) is 5.32 Å². The number of benzene rings is 2. The highest BCUT2D eigenvalue weighted by molar-refractivity contribution is 5.94. The Morgan fingerprint density at radius 2 is 1.90 bits per heavy atom. The van der Waals surface area contributed by atoms with Crippen LogP contribution in [0.5, 0.6) is 0 Å². The van der Waals surface area contributed by atoms with Crippen molar-refractivity contribution in [3.63, 3.8) is 0 Å². The van der Waals surface area contributed by atoms with Crippen LogP contribution in [-0.4, -0.2) is 17.4 Å². The molecular weight excluding hydrogens is 275 g/mol. The molecule has 0 atom stereocenters. The summed E-state index contributed by atoms with van der Waals surface area (Å²) in [6.07, 6.45) is 0.556. The fourth-order valence-electron chi connectivity index (χ4n) is 1.83. The fourth-order valence-corrected chi connectivity index (χ4v) is 1.83. The zero-order chi connectivity index (χ0) is 15.2. The van der Waals surface area contributed by atoms with E-state index in [4.69, 9.17) is 0 Å². The molecule has 2 aromatic carbocycles. The van der Waals surface area contributed by atoms with E-state index in [1.165, 1.54) is 36.4 Å². The van der Waals surface area contributed by atoms with Crippen molar-refractivity contribution >= 4 is 11.6 Å². The normalized spacial score (nSPS) is 10.1. The number of nitro groups is 1. The Labute approximate surface area is 120 Å². The molecule has 21 heavy (non-hydrogen) atoms. The number of carbonyl (C=O) groups excluding carboxylic acids is 1. The lowest BCUT2D eigenvalue weighted by Gasteiger charge is -2.05. The number of nitrogens with zero attached hydrogens (tertiary/aromatic N) is 1. The summed E-state index contributed by atoms with van der Waals surface area (Å²) in [5.41, 5.74) is 1.01. The number of nitro benzene ring substituents is 1. The molecule has 1 amide bonds. The molecule has 0 saturated carbocycles. The first kappa shape index (κ1) is 14.6. The molecule has 0 aliphatic heterocycles. The molecule has 0 heterocycles. The number of nitrogens with one attached hydrogen (secondary N) is 1. The average Bonchev–Trinajstić information content (AvgIpc) is 2.49. The molecule has 0 bridgehead atoms. The van der Waals surface area contributed by atoms with Gasteiger partial charge in [0.15, 0.2) is 0 Å². The van der Waals surface area contributed by atoms with Crippen LogP contribution in [0, 0.1) is 15.9 Å². The summed E-state index contributed by atoms with van der Waals surface area (Å²) >= 11 is 0. The lowest BCUT2D eigenvalue weighted by atomic mass is 10.1. The lowest BCUT2D eigenvalue weighted by Crippen LogP contribution is -2.25. The Hall–Kier alpha value is -2.76. The van der Waals surface area contributed by atoms with Crippen LogP contribution in [0.4, 0.5) is 10.1 Å². The van der Waals surface area contributed by atoms with E-state index in [9.17, 15) is 19.3 Å². The molecule has 0 aromatic heterocycles. The highest BCUT2D eigenvalue weighted by Gasteiger charge is 2.10. The minimum absolute atomic E-state index is 0.124. The van der Waals surface area contributed by atoms with Gasteiger partial charge in [0.25, 0.3) is 11.6 Å². The minimum atomic E-state index is -0.546. The van der Waals surface area contributed by atoms with Crippen LogP contribution >= 0.6 is 0 Å². The van der Waals surface area contributed by atoms with Crippen LogP contribution < -0.4 is 5.32 Å². The van der Waals surface area contributed by atoms with E-state index in [0.29, 0.717) is 13.0 Å². The SMILES string of the molecule is O=C(NCCc1ccc(F)cc1)c1cccc([N+](=O)[O-])c1. The second-order valence-corrected chi connectivity index (χ2v) is 4.44. The second-order valence-electron chi connectivity index (χ2n) is 4.44. The predicted molar refractivity (Wildman–Crippen MR) is 75.5 cm³/mol. The summed E-state index contributed by atoms with van der Waals surface area (Å²) in [5.74, 6) is -0.680. The highest BCUT2D eigenvalue weighted by atomic mass is 19.1. The van der Waals surface area contributed by atoms with Gasteiger partial charge in [-0.05, 0) is 30.2 Å².